The number of hydrogen-bond donors (Lipinski definition) is 3. The van der Waals surface area contributed by atoms with Gasteiger partial charge in [0.2, 0.25) is 5.91 Å². The summed E-state index contributed by atoms with van der Waals surface area (Å²) in [4.78, 5) is 36.2. The Bertz CT molecular complexity index is 395. The van der Waals surface area contributed by atoms with E-state index in [9.17, 15) is 14.4 Å². The van der Waals surface area contributed by atoms with Crippen LogP contribution >= 0.6 is 0 Å². The Kier molecular flexibility index (Phi) is 5.50. The molecule has 20 heavy (non-hydrogen) atoms. The maximum atomic E-state index is 11.6. The van der Waals surface area contributed by atoms with E-state index in [1.807, 2.05) is 7.05 Å². The van der Waals surface area contributed by atoms with Gasteiger partial charge in [0.25, 0.3) is 0 Å². The number of hydrogen-bond acceptors (Lipinski definition) is 4. The minimum Gasteiger partial charge on any atom is -0.481 e. The number of carboxylic acids is 1. The zero-order valence-corrected chi connectivity index (χ0v) is 12.2. The molecule has 1 unspecified atom stereocenters. The summed E-state index contributed by atoms with van der Waals surface area (Å²) in [5.74, 6) is -1.66. The monoisotopic (exact) mass is 285 g/mol. The molecule has 1 fully saturated rings. The first-order valence-corrected chi connectivity index (χ1v) is 6.73. The van der Waals surface area contributed by atoms with Crippen molar-refractivity contribution in [3.8, 4) is 0 Å². The van der Waals surface area contributed by atoms with Gasteiger partial charge in [-0.3, -0.25) is 14.9 Å². The molecule has 0 spiro atoms. The van der Waals surface area contributed by atoms with Crippen LogP contribution in [0.4, 0.5) is 4.79 Å². The fraction of sp³-hybridized carbons (Fsp3) is 0.769. The van der Waals surface area contributed by atoms with E-state index in [1.165, 1.54) is 13.8 Å². The Morgan fingerprint density at radius 3 is 2.50 bits per heavy atom. The lowest BCUT2D eigenvalue weighted by atomic mass is 9.89. The molecule has 0 aromatic rings. The van der Waals surface area contributed by atoms with Crippen molar-refractivity contribution in [2.24, 2.45) is 5.41 Å². The van der Waals surface area contributed by atoms with Crippen molar-refractivity contribution in [2.75, 3.05) is 20.1 Å². The van der Waals surface area contributed by atoms with Gasteiger partial charge in [-0.05, 0) is 40.3 Å². The Hall–Kier alpha value is -1.63. The second-order valence-electron chi connectivity index (χ2n) is 5.90. The summed E-state index contributed by atoms with van der Waals surface area (Å²) in [7, 11) is 2.00. The average molecular weight is 285 g/mol. The van der Waals surface area contributed by atoms with E-state index in [-0.39, 0.29) is 6.42 Å². The fourth-order valence-corrected chi connectivity index (χ4v) is 2.14. The third-order valence-corrected chi connectivity index (χ3v) is 3.60. The molecule has 3 amide bonds. The van der Waals surface area contributed by atoms with Crippen molar-refractivity contribution in [1.29, 1.82) is 0 Å². The quantitative estimate of drug-likeness (QED) is 0.679. The number of aliphatic carboxylic acids is 1. The van der Waals surface area contributed by atoms with Crippen molar-refractivity contribution in [3.63, 3.8) is 0 Å². The molecule has 0 aromatic heterocycles. The number of likely N-dealkylation sites (tertiary alicyclic amines) is 1. The van der Waals surface area contributed by atoms with E-state index in [0.717, 1.165) is 19.4 Å². The number of rotatable bonds is 5. The predicted molar refractivity (Wildman–Crippen MR) is 73.2 cm³/mol. The summed E-state index contributed by atoms with van der Waals surface area (Å²) in [6, 6.07) is -0.275. The van der Waals surface area contributed by atoms with Gasteiger partial charge in [-0.2, -0.15) is 0 Å². The minimum atomic E-state index is -1.18. The number of urea groups is 1. The number of amides is 3. The second kappa shape index (κ2) is 6.69. The molecule has 0 saturated carbocycles. The Morgan fingerprint density at radius 2 is 2.00 bits per heavy atom. The molecule has 1 atom stereocenters. The number of nitrogens with one attached hydrogen (secondary N) is 2. The Labute approximate surface area is 118 Å². The molecule has 1 saturated heterocycles. The van der Waals surface area contributed by atoms with E-state index >= 15 is 0 Å². The molecule has 114 valence electrons. The van der Waals surface area contributed by atoms with Gasteiger partial charge in [-0.15, -0.1) is 0 Å². The number of carboxylic acid groups (broad SMARTS) is 1. The first-order chi connectivity index (χ1) is 9.22. The van der Waals surface area contributed by atoms with Gasteiger partial charge in [0.1, 0.15) is 0 Å². The standard InChI is InChI=1S/C13H23N3O4/c1-13(2,11(18)19)7-10(17)15-12(20)14-8-9-5-4-6-16(9)3/h9H,4-8H2,1-3H3,(H,18,19)(H2,14,15,17,20). The van der Waals surface area contributed by atoms with Crippen molar-refractivity contribution >= 4 is 17.9 Å². The van der Waals surface area contributed by atoms with Gasteiger partial charge in [-0.1, -0.05) is 0 Å². The molecule has 1 aliphatic rings. The number of likely N-dealkylation sites (N-methyl/N-ethyl adjacent to an activating group) is 1. The summed E-state index contributed by atoms with van der Waals surface area (Å²) < 4.78 is 0. The van der Waals surface area contributed by atoms with Crippen molar-refractivity contribution in [1.82, 2.24) is 15.5 Å². The first-order valence-electron chi connectivity index (χ1n) is 6.73. The summed E-state index contributed by atoms with van der Waals surface area (Å²) in [5, 5.41) is 13.7. The summed E-state index contributed by atoms with van der Waals surface area (Å²) >= 11 is 0. The third-order valence-electron chi connectivity index (χ3n) is 3.60. The number of imide groups is 1. The molecular weight excluding hydrogens is 262 g/mol. The summed E-state index contributed by atoms with van der Waals surface area (Å²) in [5.41, 5.74) is -1.18. The minimum absolute atomic E-state index is 0.237. The largest absolute Gasteiger partial charge is 0.481 e. The van der Waals surface area contributed by atoms with Crippen LogP contribution in [0.1, 0.15) is 33.1 Å². The molecule has 0 bridgehead atoms. The maximum absolute atomic E-state index is 11.6. The van der Waals surface area contributed by atoms with Gasteiger partial charge in [-0.25, -0.2) is 4.79 Å². The van der Waals surface area contributed by atoms with Crippen LogP contribution in [0, 0.1) is 5.41 Å². The smallest absolute Gasteiger partial charge is 0.321 e. The van der Waals surface area contributed by atoms with Crippen molar-refractivity contribution in [2.45, 2.75) is 39.2 Å². The molecule has 3 N–H and O–H groups in total. The van der Waals surface area contributed by atoms with E-state index in [2.05, 4.69) is 15.5 Å². The molecule has 0 aromatic carbocycles. The molecular formula is C13H23N3O4. The van der Waals surface area contributed by atoms with Gasteiger partial charge < -0.3 is 15.3 Å². The molecule has 1 heterocycles. The normalized spacial score (nSPS) is 19.6. The van der Waals surface area contributed by atoms with E-state index in [4.69, 9.17) is 5.11 Å². The van der Waals surface area contributed by atoms with Crippen molar-refractivity contribution in [3.05, 3.63) is 0 Å². The van der Waals surface area contributed by atoms with E-state index in [0.29, 0.717) is 12.6 Å². The van der Waals surface area contributed by atoms with Gasteiger partial charge in [0, 0.05) is 19.0 Å². The SMILES string of the molecule is CN1CCCC1CNC(=O)NC(=O)CC(C)(C)C(=O)O. The Balaban J connectivity index is 2.31. The molecule has 7 heteroatoms. The van der Waals surface area contributed by atoms with Crippen LogP contribution in [-0.2, 0) is 9.59 Å². The Morgan fingerprint density at radius 1 is 1.35 bits per heavy atom. The lowest BCUT2D eigenvalue weighted by Crippen LogP contribution is -2.46. The first kappa shape index (κ1) is 16.4. The maximum Gasteiger partial charge on any atom is 0.321 e. The average Bonchev–Trinajstić information content (AvgIpc) is 2.71. The lowest BCUT2D eigenvalue weighted by Gasteiger charge is -2.20. The lowest BCUT2D eigenvalue weighted by molar-refractivity contribution is -0.149. The fourth-order valence-electron chi connectivity index (χ4n) is 2.14. The number of carbonyl (C=O) groups excluding carboxylic acids is 2. The molecule has 1 aliphatic heterocycles. The molecule has 0 aliphatic carbocycles. The summed E-state index contributed by atoms with van der Waals surface area (Å²) in [6.07, 6.45) is 1.89. The van der Waals surface area contributed by atoms with Crippen molar-refractivity contribution < 1.29 is 19.5 Å². The third kappa shape index (κ3) is 4.80. The molecule has 1 rings (SSSR count). The highest BCUT2D eigenvalue weighted by Gasteiger charge is 2.30. The predicted octanol–water partition coefficient (Wildman–Crippen LogP) is 0.407. The highest BCUT2D eigenvalue weighted by atomic mass is 16.4. The van der Waals surface area contributed by atoms with E-state index < -0.39 is 23.3 Å². The van der Waals surface area contributed by atoms with Crippen LogP contribution in [0.25, 0.3) is 0 Å². The van der Waals surface area contributed by atoms with Gasteiger partial charge >= 0.3 is 12.0 Å². The van der Waals surface area contributed by atoms with Gasteiger partial charge in [0.15, 0.2) is 0 Å². The van der Waals surface area contributed by atoms with Crippen LogP contribution in [0.2, 0.25) is 0 Å². The van der Waals surface area contributed by atoms with Crippen LogP contribution in [0.3, 0.4) is 0 Å². The topological polar surface area (TPSA) is 98.7 Å². The zero-order valence-electron chi connectivity index (χ0n) is 12.2. The van der Waals surface area contributed by atoms with Crippen LogP contribution in [-0.4, -0.2) is 54.1 Å². The molecule has 7 nitrogen and oxygen atoms in total. The van der Waals surface area contributed by atoms with Crippen LogP contribution in [0.5, 0.6) is 0 Å². The second-order valence-corrected chi connectivity index (χ2v) is 5.90. The van der Waals surface area contributed by atoms with Gasteiger partial charge in [0.05, 0.1) is 5.41 Å². The number of carbonyl (C=O) groups is 3. The highest BCUT2D eigenvalue weighted by Crippen LogP contribution is 2.19. The van der Waals surface area contributed by atoms with E-state index in [1.54, 1.807) is 0 Å². The molecule has 0 radical (unpaired) electrons. The van der Waals surface area contributed by atoms with Crippen LogP contribution in [0.15, 0.2) is 0 Å². The highest BCUT2D eigenvalue weighted by molar-refractivity contribution is 5.96. The van der Waals surface area contributed by atoms with Crippen LogP contribution < -0.4 is 10.6 Å². The zero-order chi connectivity index (χ0) is 15.3. The number of nitrogens with zero attached hydrogens (tertiary/aromatic N) is 1. The summed E-state index contributed by atoms with van der Waals surface area (Å²) in [6.45, 7) is 4.39.